The van der Waals surface area contributed by atoms with Gasteiger partial charge in [-0.15, -0.1) is 0 Å². The van der Waals surface area contributed by atoms with Gasteiger partial charge >= 0.3 is 0 Å². The van der Waals surface area contributed by atoms with Crippen LogP contribution in [0.3, 0.4) is 0 Å². The Kier molecular flexibility index (Phi) is 7.60. The predicted octanol–water partition coefficient (Wildman–Crippen LogP) is 4.02. The third-order valence-electron chi connectivity index (χ3n) is 4.27. The number of thiocarbonyl (C=S) groups is 1. The summed E-state index contributed by atoms with van der Waals surface area (Å²) in [6.07, 6.45) is 1.63. The molecule has 2 aromatic rings. The highest BCUT2D eigenvalue weighted by atomic mass is 35.5. The fraction of sp³-hybridized carbons (Fsp3) is 0.200. The molecule has 0 unspecified atom stereocenters. The van der Waals surface area contributed by atoms with Crippen molar-refractivity contribution in [2.45, 2.75) is 6.61 Å². The molecule has 31 heavy (non-hydrogen) atoms. The van der Waals surface area contributed by atoms with E-state index in [2.05, 4.69) is 0 Å². The second kappa shape index (κ2) is 10.0. The minimum absolute atomic E-state index is 0.209. The van der Waals surface area contributed by atoms with Crippen molar-refractivity contribution in [2.24, 2.45) is 0 Å². The molecule has 3 rings (SSSR count). The van der Waals surface area contributed by atoms with Crippen LogP contribution in [-0.2, 0) is 21.5 Å². The van der Waals surface area contributed by atoms with Crippen molar-refractivity contribution >= 4 is 62.0 Å². The summed E-state index contributed by atoms with van der Waals surface area (Å²) < 4.78 is 42.3. The van der Waals surface area contributed by atoms with Gasteiger partial charge in [0.05, 0.1) is 17.8 Å². The number of ether oxygens (including phenoxy) is 2. The molecule has 11 heteroatoms. The molecular weight excluding hydrogens is 482 g/mol. The van der Waals surface area contributed by atoms with Gasteiger partial charge in [0.1, 0.15) is 10.9 Å². The Bertz CT molecular complexity index is 1150. The van der Waals surface area contributed by atoms with Crippen molar-refractivity contribution in [1.82, 2.24) is 4.90 Å². The molecule has 0 saturated carbocycles. The lowest BCUT2D eigenvalue weighted by molar-refractivity contribution is -0.121. The highest BCUT2D eigenvalue weighted by Crippen LogP contribution is 2.35. The van der Waals surface area contributed by atoms with Crippen molar-refractivity contribution in [1.29, 1.82) is 0 Å². The normalized spacial score (nSPS) is 15.6. The monoisotopic (exact) mass is 499 g/mol. The number of methoxy groups -OCH3 is 1. The maximum absolute atomic E-state index is 12.6. The van der Waals surface area contributed by atoms with E-state index in [-0.39, 0.29) is 17.5 Å². The van der Waals surface area contributed by atoms with E-state index < -0.39 is 21.8 Å². The minimum Gasteiger partial charge on any atom is -0.493 e. The average molecular weight is 500 g/mol. The van der Waals surface area contributed by atoms with Gasteiger partial charge in [0.25, 0.3) is 16.0 Å². The summed E-state index contributed by atoms with van der Waals surface area (Å²) in [4.78, 5) is 14.0. The number of carbonyl (C=O) groups excluding carboxylic acids is 1. The summed E-state index contributed by atoms with van der Waals surface area (Å²) in [5.74, 6) is -0.0162. The SMILES string of the molecule is COc1cc(/C=C2\SC(=S)N(CCS(=O)(=O)O)C2=O)ccc1OCc1ccccc1Cl. The van der Waals surface area contributed by atoms with Crippen LogP contribution >= 0.6 is 35.6 Å². The van der Waals surface area contributed by atoms with Gasteiger partial charge in [-0.05, 0) is 29.8 Å². The molecule has 0 aromatic heterocycles. The summed E-state index contributed by atoms with van der Waals surface area (Å²) in [6.45, 7) is 0.0563. The Labute approximate surface area is 194 Å². The number of rotatable bonds is 8. The molecular formula is C20H18ClNO6S3. The van der Waals surface area contributed by atoms with Crippen LogP contribution in [0.4, 0.5) is 0 Å². The Morgan fingerprint density at radius 3 is 2.65 bits per heavy atom. The summed E-state index contributed by atoms with van der Waals surface area (Å²) in [6, 6.07) is 12.6. The van der Waals surface area contributed by atoms with Crippen molar-refractivity contribution in [3.63, 3.8) is 0 Å². The van der Waals surface area contributed by atoms with Crippen LogP contribution in [0, 0.1) is 0 Å². The molecule has 1 fully saturated rings. The molecule has 1 aliphatic heterocycles. The maximum Gasteiger partial charge on any atom is 0.266 e. The topological polar surface area (TPSA) is 93.1 Å². The van der Waals surface area contributed by atoms with Gasteiger partial charge in [0, 0.05) is 17.1 Å². The molecule has 1 saturated heterocycles. The third-order valence-corrected chi connectivity index (χ3v) is 6.72. The Hall–Kier alpha value is -2.11. The molecule has 1 amide bonds. The standard InChI is InChI=1S/C20H18ClNO6S3/c1-27-17-10-13(6-7-16(17)28-12-14-4-2-3-5-15(14)21)11-18-19(23)22(20(29)30-18)8-9-31(24,25)26/h2-7,10-11H,8-9,12H2,1H3,(H,24,25,26)/b18-11-. The van der Waals surface area contributed by atoms with Crippen molar-refractivity contribution < 1.29 is 27.2 Å². The summed E-state index contributed by atoms with van der Waals surface area (Å²) in [5, 5.41) is 0.606. The van der Waals surface area contributed by atoms with Crippen LogP contribution < -0.4 is 9.47 Å². The van der Waals surface area contributed by atoms with E-state index in [4.69, 9.17) is 37.8 Å². The van der Waals surface area contributed by atoms with Crippen molar-refractivity contribution in [3.05, 3.63) is 63.5 Å². The largest absolute Gasteiger partial charge is 0.493 e. The first-order chi connectivity index (χ1) is 14.7. The minimum atomic E-state index is -4.20. The highest BCUT2D eigenvalue weighted by Gasteiger charge is 2.32. The maximum atomic E-state index is 12.6. The molecule has 2 aromatic carbocycles. The van der Waals surface area contributed by atoms with E-state index in [0.717, 1.165) is 22.2 Å². The lowest BCUT2D eigenvalue weighted by Crippen LogP contribution is -2.32. The number of thioether (sulfide) groups is 1. The zero-order valence-electron chi connectivity index (χ0n) is 16.3. The molecule has 0 atom stereocenters. The van der Waals surface area contributed by atoms with E-state index in [1.165, 1.54) is 7.11 Å². The summed E-state index contributed by atoms with van der Waals surface area (Å²) in [5.41, 5.74) is 1.51. The van der Waals surface area contributed by atoms with E-state index >= 15 is 0 Å². The van der Waals surface area contributed by atoms with Crippen LogP contribution in [0.25, 0.3) is 6.08 Å². The quantitative estimate of drug-likeness (QED) is 0.331. The molecule has 0 radical (unpaired) electrons. The summed E-state index contributed by atoms with van der Waals surface area (Å²) >= 11 is 12.4. The van der Waals surface area contributed by atoms with Gasteiger partial charge in [-0.2, -0.15) is 8.42 Å². The van der Waals surface area contributed by atoms with E-state index in [1.54, 1.807) is 30.3 Å². The van der Waals surface area contributed by atoms with Crippen molar-refractivity contribution in [2.75, 3.05) is 19.4 Å². The van der Waals surface area contributed by atoms with Gasteiger partial charge in [-0.3, -0.25) is 14.2 Å². The van der Waals surface area contributed by atoms with Gasteiger partial charge in [-0.25, -0.2) is 0 Å². The van der Waals surface area contributed by atoms with E-state index in [0.29, 0.717) is 27.0 Å². The number of benzene rings is 2. The zero-order valence-corrected chi connectivity index (χ0v) is 19.5. The Morgan fingerprint density at radius 2 is 1.97 bits per heavy atom. The van der Waals surface area contributed by atoms with Crippen LogP contribution in [0.2, 0.25) is 5.02 Å². The lowest BCUT2D eigenvalue weighted by atomic mass is 10.1. The molecule has 1 heterocycles. The number of halogens is 1. The fourth-order valence-corrected chi connectivity index (χ4v) is 4.63. The first-order valence-corrected chi connectivity index (χ1v) is 12.1. The lowest BCUT2D eigenvalue weighted by Gasteiger charge is -2.13. The molecule has 1 N–H and O–H groups in total. The molecule has 0 spiro atoms. The predicted molar refractivity (Wildman–Crippen MR) is 125 cm³/mol. The molecule has 0 aliphatic carbocycles. The van der Waals surface area contributed by atoms with Crippen LogP contribution in [0.1, 0.15) is 11.1 Å². The number of nitrogens with zero attached hydrogens (tertiary/aromatic N) is 1. The smallest absolute Gasteiger partial charge is 0.266 e. The van der Waals surface area contributed by atoms with Crippen LogP contribution in [0.15, 0.2) is 47.4 Å². The first kappa shape index (κ1) is 23.6. The Balaban J connectivity index is 1.74. The molecule has 0 bridgehead atoms. The second-order valence-corrected chi connectivity index (χ2v) is 10.1. The van der Waals surface area contributed by atoms with Gasteiger partial charge < -0.3 is 9.47 Å². The number of hydrogen-bond donors (Lipinski definition) is 1. The van der Waals surface area contributed by atoms with Gasteiger partial charge in [0.15, 0.2) is 11.5 Å². The molecule has 1 aliphatic rings. The van der Waals surface area contributed by atoms with Crippen LogP contribution in [0.5, 0.6) is 11.5 Å². The average Bonchev–Trinajstić information content (AvgIpc) is 2.98. The van der Waals surface area contributed by atoms with Gasteiger partial charge in [-0.1, -0.05) is 59.8 Å². The van der Waals surface area contributed by atoms with Gasteiger partial charge in [0.2, 0.25) is 0 Å². The number of amides is 1. The summed E-state index contributed by atoms with van der Waals surface area (Å²) in [7, 11) is -2.69. The van der Waals surface area contributed by atoms with Crippen LogP contribution in [-0.4, -0.2) is 47.5 Å². The fourth-order valence-electron chi connectivity index (χ4n) is 2.71. The van der Waals surface area contributed by atoms with Crippen molar-refractivity contribution in [3.8, 4) is 11.5 Å². The molecule has 7 nitrogen and oxygen atoms in total. The zero-order chi connectivity index (χ0) is 22.6. The third kappa shape index (κ3) is 6.20. The van der Waals surface area contributed by atoms with E-state index in [9.17, 15) is 13.2 Å². The molecule has 164 valence electrons. The highest BCUT2D eigenvalue weighted by molar-refractivity contribution is 8.26. The second-order valence-electron chi connectivity index (χ2n) is 6.41. The first-order valence-electron chi connectivity index (χ1n) is 8.92. The van der Waals surface area contributed by atoms with E-state index in [1.807, 2.05) is 18.2 Å². The number of carbonyl (C=O) groups is 1. The number of hydrogen-bond acceptors (Lipinski definition) is 7. The Morgan fingerprint density at radius 1 is 1.23 bits per heavy atom.